The molecule has 0 spiro atoms. The SMILES string of the molecule is C[C@H]1CCC[C@@H](OCC(=O)N(C)Cc2nc3ccccc3c(=O)[nH]2)C1. The zero-order chi connectivity index (χ0) is 17.8. The summed E-state index contributed by atoms with van der Waals surface area (Å²) in [6, 6.07) is 7.17. The Labute approximate surface area is 147 Å². The van der Waals surface area contributed by atoms with Gasteiger partial charge < -0.3 is 14.6 Å². The fourth-order valence-corrected chi connectivity index (χ4v) is 3.35. The topological polar surface area (TPSA) is 75.3 Å². The van der Waals surface area contributed by atoms with E-state index in [4.69, 9.17) is 4.74 Å². The number of aromatic amines is 1. The molecule has 0 bridgehead atoms. The average Bonchev–Trinajstić information content (AvgIpc) is 2.60. The molecule has 0 saturated heterocycles. The maximum absolute atomic E-state index is 12.3. The maximum atomic E-state index is 12.3. The first kappa shape index (κ1) is 17.6. The molecule has 2 atom stereocenters. The van der Waals surface area contributed by atoms with Crippen molar-refractivity contribution in [1.82, 2.24) is 14.9 Å². The predicted molar refractivity (Wildman–Crippen MR) is 96.2 cm³/mol. The smallest absolute Gasteiger partial charge is 0.258 e. The fraction of sp³-hybridized carbons (Fsp3) is 0.526. The highest BCUT2D eigenvalue weighted by Gasteiger charge is 2.21. The number of carbonyl (C=O) groups is 1. The molecule has 1 aromatic heterocycles. The number of likely N-dealkylation sites (N-methyl/N-ethyl adjacent to an activating group) is 1. The summed E-state index contributed by atoms with van der Waals surface area (Å²) >= 11 is 0. The molecule has 0 aliphatic heterocycles. The minimum atomic E-state index is -0.186. The van der Waals surface area contributed by atoms with E-state index in [0.717, 1.165) is 19.3 Å². The lowest BCUT2D eigenvalue weighted by atomic mass is 9.89. The van der Waals surface area contributed by atoms with Crippen molar-refractivity contribution in [2.45, 2.75) is 45.3 Å². The number of nitrogens with zero attached hydrogens (tertiary/aromatic N) is 2. The molecule has 1 amide bonds. The minimum Gasteiger partial charge on any atom is -0.368 e. The fourth-order valence-electron chi connectivity index (χ4n) is 3.35. The van der Waals surface area contributed by atoms with Crippen LogP contribution in [0.4, 0.5) is 0 Å². The summed E-state index contributed by atoms with van der Waals surface area (Å²) < 4.78 is 5.78. The van der Waals surface area contributed by atoms with Gasteiger partial charge in [-0.2, -0.15) is 0 Å². The lowest BCUT2D eigenvalue weighted by Gasteiger charge is -2.27. The molecule has 2 aromatic rings. The van der Waals surface area contributed by atoms with Crippen LogP contribution >= 0.6 is 0 Å². The molecule has 6 nitrogen and oxygen atoms in total. The highest BCUT2D eigenvalue weighted by Crippen LogP contribution is 2.25. The summed E-state index contributed by atoms with van der Waals surface area (Å²) in [6.45, 7) is 2.56. The van der Waals surface area contributed by atoms with Crippen LogP contribution in [0, 0.1) is 5.92 Å². The van der Waals surface area contributed by atoms with E-state index in [1.54, 1.807) is 30.1 Å². The second kappa shape index (κ2) is 7.78. The number of hydrogen-bond acceptors (Lipinski definition) is 4. The molecule has 3 rings (SSSR count). The van der Waals surface area contributed by atoms with Crippen LogP contribution in [0.1, 0.15) is 38.4 Å². The van der Waals surface area contributed by atoms with Crippen LogP contribution in [-0.4, -0.2) is 40.5 Å². The van der Waals surface area contributed by atoms with Crippen molar-refractivity contribution >= 4 is 16.8 Å². The van der Waals surface area contributed by atoms with Gasteiger partial charge in [0.1, 0.15) is 12.4 Å². The van der Waals surface area contributed by atoms with Crippen molar-refractivity contribution < 1.29 is 9.53 Å². The quantitative estimate of drug-likeness (QED) is 0.905. The molecular weight excluding hydrogens is 318 g/mol. The van der Waals surface area contributed by atoms with Crippen molar-refractivity contribution in [3.05, 3.63) is 40.4 Å². The number of fused-ring (bicyclic) bond motifs is 1. The van der Waals surface area contributed by atoms with Crippen LogP contribution < -0.4 is 5.56 Å². The molecule has 134 valence electrons. The van der Waals surface area contributed by atoms with Gasteiger partial charge in [-0.05, 0) is 30.9 Å². The number of carbonyl (C=O) groups excluding carboxylic acids is 1. The standard InChI is InChI=1S/C19H25N3O3/c1-13-6-5-7-14(10-13)25-12-18(23)22(2)11-17-20-16-9-4-3-8-15(16)19(24)21-17/h3-4,8-9,13-14H,5-7,10-12H2,1-2H3,(H,20,21,24)/t13-,14+/m0/s1. The van der Waals surface area contributed by atoms with E-state index in [2.05, 4.69) is 16.9 Å². The molecule has 0 radical (unpaired) electrons. The molecule has 1 aromatic carbocycles. The van der Waals surface area contributed by atoms with E-state index >= 15 is 0 Å². The number of ether oxygens (including phenoxy) is 1. The second-order valence-electron chi connectivity index (χ2n) is 6.98. The van der Waals surface area contributed by atoms with E-state index in [1.165, 1.54) is 6.42 Å². The van der Waals surface area contributed by atoms with Crippen molar-refractivity contribution in [1.29, 1.82) is 0 Å². The zero-order valence-electron chi connectivity index (χ0n) is 14.8. The third kappa shape index (κ3) is 4.45. The van der Waals surface area contributed by atoms with Crippen LogP contribution in [0.25, 0.3) is 10.9 Å². The summed E-state index contributed by atoms with van der Waals surface area (Å²) in [7, 11) is 1.70. The van der Waals surface area contributed by atoms with E-state index < -0.39 is 0 Å². The van der Waals surface area contributed by atoms with Crippen molar-refractivity contribution in [3.63, 3.8) is 0 Å². The molecule has 1 heterocycles. The Morgan fingerprint density at radius 3 is 2.96 bits per heavy atom. The molecule has 1 aliphatic carbocycles. The van der Waals surface area contributed by atoms with Crippen molar-refractivity contribution in [3.8, 4) is 0 Å². The molecular formula is C19H25N3O3. The molecule has 0 unspecified atom stereocenters. The molecule has 1 saturated carbocycles. The average molecular weight is 343 g/mol. The van der Waals surface area contributed by atoms with Gasteiger partial charge in [0.2, 0.25) is 5.91 Å². The van der Waals surface area contributed by atoms with E-state index in [-0.39, 0.29) is 30.7 Å². The number of amides is 1. The van der Waals surface area contributed by atoms with Gasteiger partial charge in [0.25, 0.3) is 5.56 Å². The minimum absolute atomic E-state index is 0.0751. The van der Waals surface area contributed by atoms with Crippen molar-refractivity contribution in [2.75, 3.05) is 13.7 Å². The van der Waals surface area contributed by atoms with Gasteiger partial charge in [0.05, 0.1) is 23.6 Å². The predicted octanol–water partition coefficient (Wildman–Crippen LogP) is 2.48. The number of para-hydroxylation sites is 1. The number of benzene rings is 1. The first-order chi connectivity index (χ1) is 12.0. The van der Waals surface area contributed by atoms with E-state index in [0.29, 0.717) is 22.6 Å². The number of rotatable bonds is 5. The van der Waals surface area contributed by atoms with Crippen LogP contribution in [-0.2, 0) is 16.1 Å². The number of nitrogens with one attached hydrogen (secondary N) is 1. The zero-order valence-corrected chi connectivity index (χ0v) is 14.8. The number of hydrogen-bond donors (Lipinski definition) is 1. The largest absolute Gasteiger partial charge is 0.368 e. The summed E-state index contributed by atoms with van der Waals surface area (Å²) in [5, 5.41) is 0.551. The van der Waals surface area contributed by atoms with Gasteiger partial charge in [-0.15, -0.1) is 0 Å². The Morgan fingerprint density at radius 1 is 1.36 bits per heavy atom. The third-order valence-corrected chi connectivity index (χ3v) is 4.81. The first-order valence-electron chi connectivity index (χ1n) is 8.86. The van der Waals surface area contributed by atoms with Crippen LogP contribution in [0.2, 0.25) is 0 Å². The van der Waals surface area contributed by atoms with Gasteiger partial charge in [-0.25, -0.2) is 4.98 Å². The maximum Gasteiger partial charge on any atom is 0.258 e. The molecule has 6 heteroatoms. The molecule has 1 aliphatic rings. The number of aromatic nitrogens is 2. The van der Waals surface area contributed by atoms with Gasteiger partial charge in [0.15, 0.2) is 0 Å². The monoisotopic (exact) mass is 343 g/mol. The number of H-pyrrole nitrogens is 1. The van der Waals surface area contributed by atoms with E-state index in [1.807, 2.05) is 6.07 Å². The van der Waals surface area contributed by atoms with E-state index in [9.17, 15) is 9.59 Å². The van der Waals surface area contributed by atoms with Gasteiger partial charge in [-0.1, -0.05) is 31.9 Å². The van der Waals surface area contributed by atoms with Crippen LogP contribution in [0.5, 0.6) is 0 Å². The third-order valence-electron chi connectivity index (χ3n) is 4.81. The molecule has 1 fully saturated rings. The summed E-state index contributed by atoms with van der Waals surface area (Å²) in [4.78, 5) is 33.1. The lowest BCUT2D eigenvalue weighted by Crippen LogP contribution is -2.33. The summed E-state index contributed by atoms with van der Waals surface area (Å²) in [5.74, 6) is 1.04. The Kier molecular flexibility index (Phi) is 5.48. The van der Waals surface area contributed by atoms with Crippen LogP contribution in [0.3, 0.4) is 0 Å². The Bertz CT molecular complexity index is 802. The van der Waals surface area contributed by atoms with Gasteiger partial charge >= 0.3 is 0 Å². The first-order valence-corrected chi connectivity index (χ1v) is 8.86. The normalized spacial score (nSPS) is 20.6. The molecule has 1 N–H and O–H groups in total. The Balaban J connectivity index is 1.58. The summed E-state index contributed by atoms with van der Waals surface area (Å²) in [5.41, 5.74) is 0.448. The van der Waals surface area contributed by atoms with Gasteiger partial charge in [0, 0.05) is 7.05 Å². The highest BCUT2D eigenvalue weighted by atomic mass is 16.5. The van der Waals surface area contributed by atoms with Gasteiger partial charge in [-0.3, -0.25) is 9.59 Å². The molecule has 25 heavy (non-hydrogen) atoms. The second-order valence-corrected chi connectivity index (χ2v) is 6.98. The lowest BCUT2D eigenvalue weighted by molar-refractivity contribution is -0.138. The highest BCUT2D eigenvalue weighted by molar-refractivity contribution is 5.78. The van der Waals surface area contributed by atoms with Crippen molar-refractivity contribution in [2.24, 2.45) is 5.92 Å². The van der Waals surface area contributed by atoms with Crippen LogP contribution in [0.15, 0.2) is 29.1 Å². The Hall–Kier alpha value is -2.21. The Morgan fingerprint density at radius 2 is 2.16 bits per heavy atom. The summed E-state index contributed by atoms with van der Waals surface area (Å²) in [6.07, 6.45) is 4.64.